The molecule has 0 N–H and O–H groups in total. The summed E-state index contributed by atoms with van der Waals surface area (Å²) in [5.74, 6) is -2.60. The SMILES string of the molecule is Cc1c(-c2ccc3c(c2)CC(F)(F)CC3)[se]c2c(-c3cc(C(C)(C)C)c4ccccc4c3)nccc12. The number of hydrogen-bond acceptors (Lipinski definition) is 1. The number of halogens is 2. The van der Waals surface area contributed by atoms with Crippen LogP contribution in [0.4, 0.5) is 8.78 Å². The Labute approximate surface area is 216 Å². The van der Waals surface area contributed by atoms with Gasteiger partial charge in [-0.2, -0.15) is 0 Å². The average Bonchev–Trinajstić information content (AvgIpc) is 3.18. The quantitative estimate of drug-likeness (QED) is 0.203. The van der Waals surface area contributed by atoms with Crippen LogP contribution in [0.5, 0.6) is 0 Å². The monoisotopic (exact) mass is 545 g/mol. The van der Waals surface area contributed by atoms with Crippen molar-refractivity contribution in [3.05, 3.63) is 89.1 Å². The summed E-state index contributed by atoms with van der Waals surface area (Å²) in [6.45, 7) is 8.94. The van der Waals surface area contributed by atoms with E-state index >= 15 is 0 Å². The van der Waals surface area contributed by atoms with Crippen LogP contribution in [-0.2, 0) is 18.3 Å². The van der Waals surface area contributed by atoms with Gasteiger partial charge in [0.2, 0.25) is 0 Å². The van der Waals surface area contributed by atoms with E-state index in [1.165, 1.54) is 36.0 Å². The van der Waals surface area contributed by atoms with E-state index in [4.69, 9.17) is 4.98 Å². The van der Waals surface area contributed by atoms with E-state index in [1.807, 2.05) is 12.3 Å². The molecule has 0 unspecified atom stereocenters. The third kappa shape index (κ3) is 4.01. The van der Waals surface area contributed by atoms with Crippen molar-refractivity contribution in [2.75, 3.05) is 0 Å². The zero-order valence-electron chi connectivity index (χ0n) is 21.1. The molecule has 0 aliphatic heterocycles. The second-order valence-electron chi connectivity index (χ2n) is 11.1. The molecule has 5 aromatic rings. The molecule has 0 spiro atoms. The van der Waals surface area contributed by atoms with Crippen molar-refractivity contribution in [2.24, 2.45) is 0 Å². The van der Waals surface area contributed by atoms with Crippen LogP contribution < -0.4 is 0 Å². The van der Waals surface area contributed by atoms with E-state index < -0.39 is 5.92 Å². The zero-order chi connectivity index (χ0) is 25.2. The first-order chi connectivity index (χ1) is 17.1. The van der Waals surface area contributed by atoms with Gasteiger partial charge in [0.15, 0.2) is 0 Å². The van der Waals surface area contributed by atoms with Gasteiger partial charge in [-0.05, 0) is 0 Å². The molecular formula is C32H29F2NSe. The first kappa shape index (κ1) is 23.6. The van der Waals surface area contributed by atoms with Gasteiger partial charge in [-0.1, -0.05) is 0 Å². The second-order valence-corrected chi connectivity index (χ2v) is 13.2. The number of benzene rings is 3. The molecule has 6 rings (SSSR count). The van der Waals surface area contributed by atoms with Crippen LogP contribution in [0.3, 0.4) is 0 Å². The maximum absolute atomic E-state index is 14.1. The van der Waals surface area contributed by atoms with E-state index in [2.05, 4.69) is 82.3 Å². The molecule has 1 aliphatic carbocycles. The molecule has 3 aromatic carbocycles. The maximum atomic E-state index is 14.1. The summed E-state index contributed by atoms with van der Waals surface area (Å²) in [5, 5.41) is 3.75. The summed E-state index contributed by atoms with van der Waals surface area (Å²) >= 11 is 0.0436. The molecule has 4 heteroatoms. The molecule has 0 saturated heterocycles. The fourth-order valence-corrected chi connectivity index (χ4v) is 8.31. The van der Waals surface area contributed by atoms with Crippen molar-refractivity contribution in [1.29, 1.82) is 0 Å². The van der Waals surface area contributed by atoms with E-state index in [0.29, 0.717) is 6.42 Å². The zero-order valence-corrected chi connectivity index (χ0v) is 22.8. The summed E-state index contributed by atoms with van der Waals surface area (Å²) in [5.41, 5.74) is 7.72. The van der Waals surface area contributed by atoms with Crippen molar-refractivity contribution in [3.8, 4) is 21.3 Å². The van der Waals surface area contributed by atoms with Gasteiger partial charge in [-0.3, -0.25) is 0 Å². The van der Waals surface area contributed by atoms with E-state index in [9.17, 15) is 8.78 Å². The fourth-order valence-electron chi connectivity index (χ4n) is 5.56. The summed E-state index contributed by atoms with van der Waals surface area (Å²) < 4.78 is 30.8. The van der Waals surface area contributed by atoms with Crippen LogP contribution in [0, 0.1) is 6.92 Å². The number of alkyl halides is 2. The number of aromatic nitrogens is 1. The molecule has 36 heavy (non-hydrogen) atoms. The molecule has 2 aromatic heterocycles. The van der Waals surface area contributed by atoms with Gasteiger partial charge < -0.3 is 0 Å². The van der Waals surface area contributed by atoms with E-state index in [-0.39, 0.29) is 32.8 Å². The molecule has 182 valence electrons. The van der Waals surface area contributed by atoms with Crippen LogP contribution >= 0.6 is 0 Å². The van der Waals surface area contributed by atoms with E-state index in [1.54, 1.807) is 0 Å². The standard InChI is InChI=1S/C32H29F2NSe/c1-19-25-12-14-35-28(23-15-21-7-5-6-8-26(21)27(17-23)31(2,3)4)30(25)36-29(19)22-10-9-20-11-13-32(33,34)18-24(20)16-22/h5-10,12,14-17H,11,13,18H2,1-4H3. The summed E-state index contributed by atoms with van der Waals surface area (Å²) in [6.07, 6.45) is 2.17. The van der Waals surface area contributed by atoms with Gasteiger partial charge in [-0.15, -0.1) is 0 Å². The Morgan fingerprint density at radius 3 is 2.50 bits per heavy atom. The van der Waals surface area contributed by atoms with Crippen molar-refractivity contribution < 1.29 is 8.78 Å². The molecule has 0 radical (unpaired) electrons. The summed E-state index contributed by atoms with van der Waals surface area (Å²) in [6, 6.07) is 21.5. The van der Waals surface area contributed by atoms with E-state index in [0.717, 1.165) is 27.9 Å². The molecule has 2 heterocycles. The number of fused-ring (bicyclic) bond motifs is 3. The molecule has 0 atom stereocenters. The van der Waals surface area contributed by atoms with Crippen molar-refractivity contribution in [1.82, 2.24) is 4.98 Å². The number of pyridine rings is 1. The van der Waals surface area contributed by atoms with Gasteiger partial charge in [0.25, 0.3) is 0 Å². The minimum atomic E-state index is -2.60. The normalized spacial score (nSPS) is 15.4. The Hall–Kier alpha value is -2.81. The first-order valence-electron chi connectivity index (χ1n) is 12.5. The molecule has 0 saturated carbocycles. The van der Waals surface area contributed by atoms with Crippen molar-refractivity contribution in [2.45, 2.75) is 58.3 Å². The van der Waals surface area contributed by atoms with Crippen LogP contribution in [0.25, 0.3) is 41.7 Å². The average molecular weight is 545 g/mol. The Kier molecular flexibility index (Phi) is 5.48. The predicted molar refractivity (Wildman–Crippen MR) is 147 cm³/mol. The van der Waals surface area contributed by atoms with Crippen LogP contribution in [0.15, 0.2) is 66.9 Å². The van der Waals surface area contributed by atoms with Crippen molar-refractivity contribution in [3.63, 3.8) is 0 Å². The Morgan fingerprint density at radius 1 is 0.889 bits per heavy atom. The topological polar surface area (TPSA) is 12.9 Å². The molecule has 0 fully saturated rings. The van der Waals surface area contributed by atoms with Gasteiger partial charge in [0.1, 0.15) is 0 Å². The fraction of sp³-hybridized carbons (Fsp3) is 0.281. The Morgan fingerprint density at radius 2 is 1.69 bits per heavy atom. The summed E-state index contributed by atoms with van der Waals surface area (Å²) in [7, 11) is 0. The number of hydrogen-bond donors (Lipinski definition) is 0. The van der Waals surface area contributed by atoms with Gasteiger partial charge in [0, 0.05) is 0 Å². The molecule has 1 nitrogen and oxygen atoms in total. The van der Waals surface area contributed by atoms with Crippen LogP contribution in [0.2, 0.25) is 0 Å². The molecule has 0 bridgehead atoms. The molecular weight excluding hydrogens is 515 g/mol. The molecule has 0 amide bonds. The van der Waals surface area contributed by atoms with Gasteiger partial charge in [0.05, 0.1) is 0 Å². The Balaban J connectivity index is 1.53. The van der Waals surface area contributed by atoms with Gasteiger partial charge >= 0.3 is 217 Å². The number of nitrogens with zero attached hydrogens (tertiary/aromatic N) is 1. The summed E-state index contributed by atoms with van der Waals surface area (Å²) in [4.78, 5) is 4.89. The third-order valence-corrected chi connectivity index (χ3v) is 10.3. The first-order valence-corrected chi connectivity index (χ1v) is 14.2. The minimum absolute atomic E-state index is 0.00320. The third-order valence-electron chi connectivity index (χ3n) is 7.47. The second kappa shape index (κ2) is 8.36. The van der Waals surface area contributed by atoms with Crippen LogP contribution in [-0.4, -0.2) is 25.4 Å². The van der Waals surface area contributed by atoms with Gasteiger partial charge in [-0.25, -0.2) is 0 Å². The number of rotatable bonds is 2. The van der Waals surface area contributed by atoms with Crippen LogP contribution in [0.1, 0.15) is 49.4 Å². The Bertz CT molecular complexity index is 1640. The number of aryl methyl sites for hydroxylation is 2. The molecule has 1 aliphatic rings. The van der Waals surface area contributed by atoms with Crippen molar-refractivity contribution >= 4 is 34.9 Å². The predicted octanol–water partition coefficient (Wildman–Crippen LogP) is 8.51.